The van der Waals surface area contributed by atoms with Crippen LogP contribution in [0.5, 0.6) is 0 Å². The van der Waals surface area contributed by atoms with Gasteiger partial charge in [-0.1, -0.05) is 0 Å². The van der Waals surface area contributed by atoms with Gasteiger partial charge in [-0.05, 0) is 32.9 Å². The van der Waals surface area contributed by atoms with E-state index in [2.05, 4.69) is 23.7 Å². The van der Waals surface area contributed by atoms with Crippen LogP contribution >= 0.6 is 0 Å². The van der Waals surface area contributed by atoms with Crippen LogP contribution in [0, 0.1) is 0 Å². The maximum Gasteiger partial charge on any atom is 0.421 e. The van der Waals surface area contributed by atoms with Crippen molar-refractivity contribution in [1.29, 1.82) is 0 Å². The number of hydrogen-bond acceptors (Lipinski definition) is 5. The van der Waals surface area contributed by atoms with Gasteiger partial charge < -0.3 is 9.52 Å². The van der Waals surface area contributed by atoms with Crippen molar-refractivity contribution in [3.05, 3.63) is 28.9 Å². The maximum absolute atomic E-state index is 11.8. The molecule has 0 radical (unpaired) electrons. The van der Waals surface area contributed by atoms with Crippen LogP contribution < -0.4 is 5.76 Å². The van der Waals surface area contributed by atoms with Crippen LogP contribution in [0.1, 0.15) is 20.8 Å². The minimum absolute atomic E-state index is 0.298. The number of rotatable bonds is 6. The molecule has 0 spiro atoms. The molecule has 0 bridgehead atoms. The van der Waals surface area contributed by atoms with Crippen LogP contribution in [-0.4, -0.2) is 44.8 Å². The van der Waals surface area contributed by atoms with Crippen LogP contribution in [0.15, 0.2) is 27.5 Å². The summed E-state index contributed by atoms with van der Waals surface area (Å²) in [5.74, 6) is -0.389. The second-order valence-electron chi connectivity index (χ2n) is 5.28. The molecule has 0 saturated heterocycles. The highest BCUT2D eigenvalue weighted by Gasteiger charge is 2.15. The maximum atomic E-state index is 11.8. The first-order chi connectivity index (χ1) is 9.49. The van der Waals surface area contributed by atoms with E-state index in [0.717, 1.165) is 0 Å². The fourth-order valence-electron chi connectivity index (χ4n) is 2.23. The molecular formula is C14H21N3O3. The first kappa shape index (κ1) is 14.7. The first-order valence-corrected chi connectivity index (χ1v) is 6.85. The fourth-order valence-corrected chi connectivity index (χ4v) is 2.23. The molecule has 2 aromatic rings. The number of hydrogen-bond donors (Lipinski definition) is 1. The van der Waals surface area contributed by atoms with Crippen LogP contribution in [0.3, 0.4) is 0 Å². The molecule has 6 heteroatoms. The van der Waals surface area contributed by atoms with Crippen LogP contribution in [0.2, 0.25) is 0 Å². The highest BCUT2D eigenvalue weighted by atomic mass is 16.4. The van der Waals surface area contributed by atoms with Gasteiger partial charge in [0.05, 0.1) is 6.10 Å². The van der Waals surface area contributed by atoms with E-state index in [9.17, 15) is 9.90 Å². The van der Waals surface area contributed by atoms with E-state index in [-0.39, 0.29) is 5.76 Å². The van der Waals surface area contributed by atoms with Gasteiger partial charge >= 0.3 is 5.76 Å². The Hall–Kier alpha value is -1.66. The summed E-state index contributed by atoms with van der Waals surface area (Å²) in [6, 6.07) is 3.77. The Balaban J connectivity index is 2.15. The predicted octanol–water partition coefficient (Wildman–Crippen LogP) is 1.08. The smallest absolute Gasteiger partial charge is 0.406 e. The summed E-state index contributed by atoms with van der Waals surface area (Å²) >= 11 is 0. The molecule has 0 aliphatic carbocycles. The number of oxazole rings is 1. The highest BCUT2D eigenvalue weighted by molar-refractivity contribution is 5.67. The van der Waals surface area contributed by atoms with Crippen molar-refractivity contribution in [2.24, 2.45) is 0 Å². The lowest BCUT2D eigenvalue weighted by atomic mass is 10.2. The fraction of sp³-hybridized carbons (Fsp3) is 0.571. The number of aliphatic hydroxyl groups is 1. The van der Waals surface area contributed by atoms with Gasteiger partial charge in [0.15, 0.2) is 11.2 Å². The van der Waals surface area contributed by atoms with Gasteiger partial charge in [0.25, 0.3) is 0 Å². The predicted molar refractivity (Wildman–Crippen MR) is 76.7 cm³/mol. The highest BCUT2D eigenvalue weighted by Crippen LogP contribution is 2.09. The average Bonchev–Trinajstić information content (AvgIpc) is 2.69. The lowest BCUT2D eigenvalue weighted by Crippen LogP contribution is -2.39. The molecule has 6 nitrogen and oxygen atoms in total. The zero-order chi connectivity index (χ0) is 14.7. The third-order valence-corrected chi connectivity index (χ3v) is 3.26. The SMILES string of the molecule is CC(O)CN(CCn1c(=O)oc2cccnc21)C(C)C. The van der Waals surface area contributed by atoms with Crippen molar-refractivity contribution in [2.45, 2.75) is 39.5 Å². The second-order valence-corrected chi connectivity index (χ2v) is 5.28. The lowest BCUT2D eigenvalue weighted by Gasteiger charge is -2.27. The van der Waals surface area contributed by atoms with Crippen LogP contribution in [-0.2, 0) is 6.54 Å². The quantitative estimate of drug-likeness (QED) is 0.856. The summed E-state index contributed by atoms with van der Waals surface area (Å²) in [7, 11) is 0. The average molecular weight is 279 g/mol. The van der Waals surface area contributed by atoms with Gasteiger partial charge in [-0.15, -0.1) is 0 Å². The molecule has 2 aromatic heterocycles. The van der Waals surface area contributed by atoms with Crippen LogP contribution in [0.25, 0.3) is 11.2 Å². The summed E-state index contributed by atoms with van der Waals surface area (Å²) in [6.07, 6.45) is 1.25. The number of aromatic nitrogens is 2. The Bertz CT molecular complexity index is 615. The minimum atomic E-state index is -0.395. The van der Waals surface area contributed by atoms with E-state index in [4.69, 9.17) is 4.42 Å². The van der Waals surface area contributed by atoms with Gasteiger partial charge in [-0.25, -0.2) is 9.78 Å². The number of aliphatic hydroxyl groups excluding tert-OH is 1. The van der Waals surface area contributed by atoms with Crippen molar-refractivity contribution in [3.63, 3.8) is 0 Å². The van der Waals surface area contributed by atoms with E-state index in [1.54, 1.807) is 25.3 Å². The van der Waals surface area contributed by atoms with E-state index in [1.807, 2.05) is 0 Å². The summed E-state index contributed by atoms with van der Waals surface area (Å²) in [5.41, 5.74) is 1.07. The van der Waals surface area contributed by atoms with Crippen LogP contribution in [0.4, 0.5) is 0 Å². The van der Waals surface area contributed by atoms with Gasteiger partial charge in [0.1, 0.15) is 0 Å². The molecule has 2 rings (SSSR count). The standard InChI is InChI=1S/C14H21N3O3/c1-10(2)16(9-11(3)18)7-8-17-13-12(20-14(17)19)5-4-6-15-13/h4-6,10-11,18H,7-9H2,1-3H3. The molecule has 0 aliphatic rings. The zero-order valence-corrected chi connectivity index (χ0v) is 12.1. The topological polar surface area (TPSA) is 71.5 Å². The van der Waals surface area contributed by atoms with Gasteiger partial charge in [-0.2, -0.15) is 0 Å². The summed E-state index contributed by atoms with van der Waals surface area (Å²) in [4.78, 5) is 18.1. The number of fused-ring (bicyclic) bond motifs is 1. The largest absolute Gasteiger partial charge is 0.421 e. The van der Waals surface area contributed by atoms with E-state index < -0.39 is 6.10 Å². The first-order valence-electron chi connectivity index (χ1n) is 6.85. The Kier molecular flexibility index (Phi) is 4.57. The molecule has 20 heavy (non-hydrogen) atoms. The lowest BCUT2D eigenvalue weighted by molar-refractivity contribution is 0.105. The monoisotopic (exact) mass is 279 g/mol. The molecular weight excluding hydrogens is 258 g/mol. The molecule has 110 valence electrons. The molecule has 0 aromatic carbocycles. The van der Waals surface area contributed by atoms with E-state index in [1.165, 1.54) is 4.57 Å². The summed E-state index contributed by atoms with van der Waals surface area (Å²) in [6.45, 7) is 7.63. The second kappa shape index (κ2) is 6.19. The molecule has 1 unspecified atom stereocenters. The van der Waals surface area contributed by atoms with Gasteiger partial charge in [0, 0.05) is 31.9 Å². The van der Waals surface area contributed by atoms with Crippen molar-refractivity contribution in [3.8, 4) is 0 Å². The number of nitrogens with zero attached hydrogens (tertiary/aromatic N) is 3. The molecule has 1 N–H and O–H groups in total. The van der Waals surface area contributed by atoms with Crippen molar-refractivity contribution in [2.75, 3.05) is 13.1 Å². The zero-order valence-electron chi connectivity index (χ0n) is 12.1. The van der Waals surface area contributed by atoms with Crippen molar-refractivity contribution >= 4 is 11.2 Å². The van der Waals surface area contributed by atoms with E-state index in [0.29, 0.717) is 36.9 Å². The van der Waals surface area contributed by atoms with E-state index >= 15 is 0 Å². The molecule has 1 atom stereocenters. The Morgan fingerprint density at radius 2 is 2.20 bits per heavy atom. The third-order valence-electron chi connectivity index (χ3n) is 3.26. The minimum Gasteiger partial charge on any atom is -0.406 e. The molecule has 2 heterocycles. The molecule has 0 fully saturated rings. The Morgan fingerprint density at radius 3 is 2.85 bits per heavy atom. The Morgan fingerprint density at radius 1 is 1.45 bits per heavy atom. The molecule has 0 aliphatic heterocycles. The van der Waals surface area contributed by atoms with Crippen molar-refractivity contribution < 1.29 is 9.52 Å². The molecule has 0 saturated carbocycles. The summed E-state index contributed by atoms with van der Waals surface area (Å²) in [5, 5.41) is 9.51. The third kappa shape index (κ3) is 3.26. The van der Waals surface area contributed by atoms with Crippen molar-refractivity contribution in [1.82, 2.24) is 14.5 Å². The normalized spacial score (nSPS) is 13.5. The van der Waals surface area contributed by atoms with Gasteiger partial charge in [0.2, 0.25) is 0 Å². The van der Waals surface area contributed by atoms with Gasteiger partial charge in [-0.3, -0.25) is 9.47 Å². The number of pyridine rings is 1. The molecule has 0 amide bonds. The Labute approximate surface area is 117 Å². The summed E-state index contributed by atoms with van der Waals surface area (Å²) < 4.78 is 6.68.